The van der Waals surface area contributed by atoms with Gasteiger partial charge in [0.25, 0.3) is 0 Å². The molecule has 0 aliphatic carbocycles. The molecular weight excluding hydrogens is 234 g/mol. The lowest BCUT2D eigenvalue weighted by molar-refractivity contribution is -0.617. The van der Waals surface area contributed by atoms with Gasteiger partial charge in [-0.25, -0.2) is 0 Å². The molecule has 3 nitrogen and oxygen atoms in total. The van der Waals surface area contributed by atoms with Crippen LogP contribution < -0.4 is 10.3 Å². The van der Waals surface area contributed by atoms with Gasteiger partial charge in [-0.3, -0.25) is 4.99 Å². The quantitative estimate of drug-likeness (QED) is 0.306. The molecule has 0 spiro atoms. The first kappa shape index (κ1) is 11.7. The monoisotopic (exact) mass is 250 g/mol. The number of fused-ring (bicyclic) bond motifs is 2. The van der Waals surface area contributed by atoms with Crippen LogP contribution >= 0.6 is 0 Å². The van der Waals surface area contributed by atoms with Crippen molar-refractivity contribution < 1.29 is 4.57 Å². The number of aromatic nitrogens is 1. The van der Waals surface area contributed by atoms with Gasteiger partial charge in [0, 0.05) is 34.8 Å². The highest BCUT2D eigenvalue weighted by molar-refractivity contribution is 5.91. The van der Waals surface area contributed by atoms with E-state index in [-0.39, 0.29) is 0 Å². The number of anilines is 1. The molecule has 3 aromatic rings. The molecule has 2 aromatic carbocycles. The van der Waals surface area contributed by atoms with Crippen molar-refractivity contribution in [1.82, 2.24) is 0 Å². The maximum Gasteiger partial charge on any atom is 0.214 e. The molecule has 0 amide bonds. The van der Waals surface area contributed by atoms with Crippen LogP contribution in [0.1, 0.15) is 6.92 Å². The molecule has 2 N–H and O–H groups in total. The standard InChI is InChI=1S/C16H15N3/c1-3-18-14-7-5-12-8-11-4-6-13(17)9-15(11)19(2)16(12)10-14/h3-10,17H,1-2H3/p+1. The van der Waals surface area contributed by atoms with Gasteiger partial charge >= 0.3 is 0 Å². The zero-order valence-corrected chi connectivity index (χ0v) is 11.1. The Morgan fingerprint density at radius 3 is 2.42 bits per heavy atom. The third-order valence-electron chi connectivity index (χ3n) is 3.38. The maximum absolute atomic E-state index is 5.88. The summed E-state index contributed by atoms with van der Waals surface area (Å²) in [6.45, 7) is 1.92. The molecule has 0 saturated heterocycles. The minimum absolute atomic E-state index is 0.783. The fourth-order valence-electron chi connectivity index (χ4n) is 2.44. The van der Waals surface area contributed by atoms with Crippen molar-refractivity contribution in [3.63, 3.8) is 0 Å². The van der Waals surface area contributed by atoms with E-state index in [1.165, 1.54) is 10.8 Å². The molecule has 3 rings (SSSR count). The molecule has 1 aromatic heterocycles. The zero-order valence-electron chi connectivity index (χ0n) is 11.1. The number of pyridine rings is 1. The van der Waals surface area contributed by atoms with E-state index >= 15 is 0 Å². The van der Waals surface area contributed by atoms with E-state index < -0.39 is 0 Å². The summed E-state index contributed by atoms with van der Waals surface area (Å²) in [7, 11) is 2.06. The molecule has 0 aliphatic rings. The molecule has 0 fully saturated rings. The van der Waals surface area contributed by atoms with Crippen LogP contribution in [0.2, 0.25) is 0 Å². The van der Waals surface area contributed by atoms with Gasteiger partial charge in [0.15, 0.2) is 0 Å². The van der Waals surface area contributed by atoms with E-state index in [0.29, 0.717) is 0 Å². The summed E-state index contributed by atoms with van der Waals surface area (Å²) >= 11 is 0. The van der Waals surface area contributed by atoms with Crippen LogP contribution in [-0.2, 0) is 7.05 Å². The average molecular weight is 250 g/mol. The second kappa shape index (κ2) is 4.35. The van der Waals surface area contributed by atoms with Crippen LogP contribution in [0.25, 0.3) is 21.8 Å². The Morgan fingerprint density at radius 1 is 1.00 bits per heavy atom. The largest absolute Gasteiger partial charge is 0.399 e. The van der Waals surface area contributed by atoms with Crippen molar-refractivity contribution in [2.75, 3.05) is 5.73 Å². The Morgan fingerprint density at radius 2 is 1.68 bits per heavy atom. The first-order valence-corrected chi connectivity index (χ1v) is 6.30. The summed E-state index contributed by atoms with van der Waals surface area (Å²) in [5, 5.41) is 2.39. The summed E-state index contributed by atoms with van der Waals surface area (Å²) in [6.07, 6.45) is 1.81. The third-order valence-corrected chi connectivity index (χ3v) is 3.38. The lowest BCUT2D eigenvalue weighted by Crippen LogP contribution is -2.30. The first-order chi connectivity index (χ1) is 9.19. The highest BCUT2D eigenvalue weighted by Gasteiger charge is 2.12. The highest BCUT2D eigenvalue weighted by Crippen LogP contribution is 2.23. The second-order valence-electron chi connectivity index (χ2n) is 4.65. The molecule has 1 heterocycles. The first-order valence-electron chi connectivity index (χ1n) is 6.30. The summed E-state index contributed by atoms with van der Waals surface area (Å²) in [5.74, 6) is 0. The summed E-state index contributed by atoms with van der Waals surface area (Å²) < 4.78 is 2.16. The van der Waals surface area contributed by atoms with Gasteiger partial charge in [-0.15, -0.1) is 0 Å². The molecule has 0 bridgehead atoms. The van der Waals surface area contributed by atoms with E-state index in [0.717, 1.165) is 22.4 Å². The maximum atomic E-state index is 5.88. The number of hydrogen-bond acceptors (Lipinski definition) is 2. The van der Waals surface area contributed by atoms with Gasteiger partial charge in [-0.05, 0) is 37.3 Å². The van der Waals surface area contributed by atoms with Gasteiger partial charge in [-0.2, -0.15) is 4.57 Å². The van der Waals surface area contributed by atoms with Gasteiger partial charge in [0.1, 0.15) is 7.05 Å². The van der Waals surface area contributed by atoms with Crippen molar-refractivity contribution in [2.45, 2.75) is 6.92 Å². The lowest BCUT2D eigenvalue weighted by Gasteiger charge is -2.03. The Hall–Kier alpha value is -2.42. The molecule has 0 radical (unpaired) electrons. The molecule has 94 valence electrons. The molecule has 19 heavy (non-hydrogen) atoms. The van der Waals surface area contributed by atoms with Crippen LogP contribution in [0.15, 0.2) is 47.5 Å². The van der Waals surface area contributed by atoms with Crippen LogP contribution in [0.3, 0.4) is 0 Å². The minimum Gasteiger partial charge on any atom is -0.399 e. The Labute approximate surface area is 112 Å². The van der Waals surface area contributed by atoms with Crippen molar-refractivity contribution in [2.24, 2.45) is 12.0 Å². The van der Waals surface area contributed by atoms with E-state index in [1.54, 1.807) is 6.21 Å². The fourth-order valence-corrected chi connectivity index (χ4v) is 2.44. The van der Waals surface area contributed by atoms with E-state index in [2.05, 4.69) is 40.9 Å². The number of benzene rings is 2. The lowest BCUT2D eigenvalue weighted by atomic mass is 10.1. The number of nitrogen functional groups attached to an aromatic ring is 1. The van der Waals surface area contributed by atoms with Crippen LogP contribution in [0.5, 0.6) is 0 Å². The van der Waals surface area contributed by atoms with Crippen LogP contribution in [0, 0.1) is 0 Å². The summed E-state index contributed by atoms with van der Waals surface area (Å²) in [4.78, 5) is 4.33. The molecule has 0 atom stereocenters. The molecule has 3 heteroatoms. The predicted molar refractivity (Wildman–Crippen MR) is 80.9 cm³/mol. The smallest absolute Gasteiger partial charge is 0.214 e. The molecule has 0 saturated carbocycles. The zero-order chi connectivity index (χ0) is 13.4. The minimum atomic E-state index is 0.783. The Balaban J connectivity index is 2.41. The number of hydrogen-bond donors (Lipinski definition) is 1. The number of aryl methyl sites for hydroxylation is 1. The van der Waals surface area contributed by atoms with Crippen molar-refractivity contribution in [1.29, 1.82) is 0 Å². The number of nitrogens with two attached hydrogens (primary N) is 1. The molecule has 0 unspecified atom stereocenters. The summed E-state index contributed by atoms with van der Waals surface area (Å²) in [5.41, 5.74) is 9.91. The number of nitrogens with zero attached hydrogens (tertiary/aromatic N) is 2. The molecule has 0 aliphatic heterocycles. The number of rotatable bonds is 1. The Bertz CT molecular complexity index is 804. The van der Waals surface area contributed by atoms with E-state index in [9.17, 15) is 0 Å². The van der Waals surface area contributed by atoms with Crippen molar-refractivity contribution in [3.05, 3.63) is 42.5 Å². The van der Waals surface area contributed by atoms with Crippen LogP contribution in [0.4, 0.5) is 11.4 Å². The second-order valence-corrected chi connectivity index (χ2v) is 4.65. The molecular formula is C16H16N3+. The van der Waals surface area contributed by atoms with Gasteiger partial charge in [-0.1, -0.05) is 0 Å². The topological polar surface area (TPSA) is 42.3 Å². The normalized spacial score (nSPS) is 11.7. The number of aliphatic imine (C=N–C) groups is 1. The highest BCUT2D eigenvalue weighted by atomic mass is 14.9. The van der Waals surface area contributed by atoms with Gasteiger partial charge < -0.3 is 5.73 Å². The van der Waals surface area contributed by atoms with Crippen molar-refractivity contribution in [3.8, 4) is 0 Å². The van der Waals surface area contributed by atoms with E-state index in [1.807, 2.05) is 25.1 Å². The Kier molecular flexibility index (Phi) is 2.67. The average Bonchev–Trinajstić information content (AvgIpc) is 2.41. The van der Waals surface area contributed by atoms with Crippen molar-refractivity contribution >= 4 is 39.4 Å². The predicted octanol–water partition coefficient (Wildman–Crippen LogP) is 3.12. The SMILES string of the molecule is CC=Nc1ccc2cc3ccc(N)cc3[n+](C)c2c1. The van der Waals surface area contributed by atoms with E-state index in [4.69, 9.17) is 5.73 Å². The van der Waals surface area contributed by atoms with Gasteiger partial charge in [0.2, 0.25) is 11.0 Å². The van der Waals surface area contributed by atoms with Crippen LogP contribution in [-0.4, -0.2) is 6.21 Å². The van der Waals surface area contributed by atoms with Gasteiger partial charge in [0.05, 0.1) is 5.69 Å². The fraction of sp³-hybridized carbons (Fsp3) is 0.125. The summed E-state index contributed by atoms with van der Waals surface area (Å²) in [6, 6.07) is 14.4. The third kappa shape index (κ3) is 1.93.